The maximum absolute atomic E-state index is 12.6. The molecular weight excluding hydrogens is 241 g/mol. The van der Waals surface area contributed by atoms with Gasteiger partial charge in [-0.15, -0.1) is 0 Å². The second-order valence-corrected chi connectivity index (χ2v) is 4.65. The summed E-state index contributed by atoms with van der Waals surface area (Å²) in [6.07, 6.45) is -3.69. The quantitative estimate of drug-likeness (QED) is 0.874. The van der Waals surface area contributed by atoms with Gasteiger partial charge in [-0.25, -0.2) is 0 Å². The van der Waals surface area contributed by atoms with Crippen LogP contribution < -0.4 is 5.32 Å². The highest BCUT2D eigenvalue weighted by Crippen LogP contribution is 2.29. The molecule has 0 saturated carbocycles. The van der Waals surface area contributed by atoms with Crippen molar-refractivity contribution in [3.63, 3.8) is 0 Å². The minimum atomic E-state index is -4.27. The maximum Gasteiger partial charge on any atom is 0.416 e. The van der Waals surface area contributed by atoms with Crippen LogP contribution in [-0.4, -0.2) is 38.6 Å². The van der Waals surface area contributed by atoms with E-state index in [1.807, 2.05) is 26.0 Å². The number of hydrogen-bond donors (Lipinski definition) is 1. The Labute approximate surface area is 106 Å². The van der Waals surface area contributed by atoms with Crippen molar-refractivity contribution in [1.82, 2.24) is 10.2 Å². The normalized spacial score (nSPS) is 13.9. The van der Waals surface area contributed by atoms with Gasteiger partial charge in [0.1, 0.15) is 0 Å². The zero-order chi connectivity index (χ0) is 13.8. The minimum absolute atomic E-state index is 0.142. The highest BCUT2D eigenvalue weighted by Gasteiger charge is 2.30. The second-order valence-electron chi connectivity index (χ2n) is 4.65. The summed E-state index contributed by atoms with van der Waals surface area (Å²) in [6, 6.07) is 5.66. The van der Waals surface area contributed by atoms with Gasteiger partial charge in [-0.05, 0) is 39.2 Å². The number of halogens is 3. The third kappa shape index (κ3) is 4.66. The Morgan fingerprint density at radius 2 is 1.94 bits per heavy atom. The summed E-state index contributed by atoms with van der Waals surface area (Å²) in [5.41, 5.74) is 0.116. The van der Waals surface area contributed by atoms with Gasteiger partial charge in [-0.1, -0.05) is 18.2 Å². The average molecular weight is 260 g/mol. The molecule has 102 valence electrons. The zero-order valence-corrected chi connectivity index (χ0v) is 10.9. The fraction of sp³-hybridized carbons (Fsp3) is 0.538. The van der Waals surface area contributed by atoms with E-state index in [1.54, 1.807) is 6.07 Å². The Morgan fingerprint density at radius 3 is 2.44 bits per heavy atom. The monoisotopic (exact) mass is 260 g/mol. The van der Waals surface area contributed by atoms with E-state index in [9.17, 15) is 13.2 Å². The van der Waals surface area contributed by atoms with Crippen molar-refractivity contribution in [2.45, 2.75) is 18.6 Å². The van der Waals surface area contributed by atoms with Gasteiger partial charge in [0, 0.05) is 12.6 Å². The van der Waals surface area contributed by atoms with Crippen molar-refractivity contribution in [1.29, 1.82) is 0 Å². The number of nitrogens with one attached hydrogen (secondary N) is 1. The molecule has 5 heteroatoms. The van der Waals surface area contributed by atoms with Crippen molar-refractivity contribution < 1.29 is 13.2 Å². The summed E-state index contributed by atoms with van der Waals surface area (Å²) < 4.78 is 37.7. The van der Waals surface area contributed by atoms with Crippen LogP contribution in [0.3, 0.4) is 0 Å². The number of hydrogen-bond acceptors (Lipinski definition) is 2. The molecule has 2 nitrogen and oxygen atoms in total. The maximum atomic E-state index is 12.6. The predicted molar refractivity (Wildman–Crippen MR) is 66.5 cm³/mol. The molecule has 0 aromatic heterocycles. The molecule has 1 rings (SSSR count). The van der Waals surface area contributed by atoms with Gasteiger partial charge in [0.05, 0.1) is 5.56 Å². The molecule has 1 aromatic rings. The Kier molecular flexibility index (Phi) is 5.16. The molecule has 0 fully saturated rings. The van der Waals surface area contributed by atoms with Gasteiger partial charge in [0.2, 0.25) is 0 Å². The molecule has 0 radical (unpaired) electrons. The largest absolute Gasteiger partial charge is 0.416 e. The molecular formula is C13H19F3N2. The lowest BCUT2D eigenvalue weighted by atomic mass is 10.0. The van der Waals surface area contributed by atoms with Gasteiger partial charge in [-0.2, -0.15) is 13.2 Å². The van der Waals surface area contributed by atoms with Crippen LogP contribution in [0.2, 0.25) is 0 Å². The Hall–Kier alpha value is -1.07. The summed E-state index contributed by atoms with van der Waals surface area (Å²) in [5, 5.41) is 3.12. The smallest absolute Gasteiger partial charge is 0.315 e. The number of likely N-dealkylation sites (N-methyl/N-ethyl adjacent to an activating group) is 2. The van der Waals surface area contributed by atoms with E-state index in [0.717, 1.165) is 12.6 Å². The lowest BCUT2D eigenvalue weighted by Gasteiger charge is -2.21. The van der Waals surface area contributed by atoms with E-state index in [0.29, 0.717) is 12.0 Å². The summed E-state index contributed by atoms with van der Waals surface area (Å²) in [6.45, 7) is 0.784. The molecule has 0 saturated heterocycles. The van der Waals surface area contributed by atoms with Gasteiger partial charge >= 0.3 is 6.18 Å². The van der Waals surface area contributed by atoms with Crippen molar-refractivity contribution >= 4 is 0 Å². The first-order chi connectivity index (χ1) is 8.32. The molecule has 0 aliphatic carbocycles. The molecule has 0 heterocycles. The third-order valence-electron chi connectivity index (χ3n) is 2.73. The first-order valence-corrected chi connectivity index (χ1v) is 5.81. The SMILES string of the molecule is CNC(Cc1cccc(C(F)(F)F)c1)CN(C)C. The van der Waals surface area contributed by atoms with E-state index in [4.69, 9.17) is 0 Å². The summed E-state index contributed by atoms with van der Waals surface area (Å²) in [5.74, 6) is 0. The fourth-order valence-electron chi connectivity index (χ4n) is 1.86. The van der Waals surface area contributed by atoms with Crippen molar-refractivity contribution in [2.75, 3.05) is 27.7 Å². The fourth-order valence-corrected chi connectivity index (χ4v) is 1.86. The second kappa shape index (κ2) is 6.20. The van der Waals surface area contributed by atoms with Crippen LogP contribution in [0.1, 0.15) is 11.1 Å². The van der Waals surface area contributed by atoms with Gasteiger partial charge in [0.25, 0.3) is 0 Å². The van der Waals surface area contributed by atoms with Crippen LogP contribution in [-0.2, 0) is 12.6 Å². The number of alkyl halides is 3. The van der Waals surface area contributed by atoms with Gasteiger partial charge in [-0.3, -0.25) is 0 Å². The van der Waals surface area contributed by atoms with Gasteiger partial charge in [0.15, 0.2) is 0 Å². The van der Waals surface area contributed by atoms with Crippen LogP contribution >= 0.6 is 0 Å². The Balaban J connectivity index is 2.78. The van der Waals surface area contributed by atoms with Crippen molar-refractivity contribution in [3.05, 3.63) is 35.4 Å². The lowest BCUT2D eigenvalue weighted by Crippen LogP contribution is -2.37. The first-order valence-electron chi connectivity index (χ1n) is 5.81. The average Bonchev–Trinajstić information content (AvgIpc) is 2.26. The van der Waals surface area contributed by atoms with E-state index in [-0.39, 0.29) is 6.04 Å². The Morgan fingerprint density at radius 1 is 1.28 bits per heavy atom. The van der Waals surface area contributed by atoms with Crippen LogP contribution in [0.25, 0.3) is 0 Å². The summed E-state index contributed by atoms with van der Waals surface area (Å²) in [4.78, 5) is 2.01. The molecule has 0 amide bonds. The summed E-state index contributed by atoms with van der Waals surface area (Å²) in [7, 11) is 5.70. The molecule has 0 aliphatic rings. The number of benzene rings is 1. The zero-order valence-electron chi connectivity index (χ0n) is 10.9. The van der Waals surface area contributed by atoms with E-state index in [2.05, 4.69) is 5.32 Å². The number of nitrogens with zero attached hydrogens (tertiary/aromatic N) is 1. The van der Waals surface area contributed by atoms with E-state index in [1.165, 1.54) is 12.1 Å². The van der Waals surface area contributed by atoms with Crippen LogP contribution in [0, 0.1) is 0 Å². The summed E-state index contributed by atoms with van der Waals surface area (Å²) >= 11 is 0. The molecule has 1 aromatic carbocycles. The highest BCUT2D eigenvalue weighted by molar-refractivity contribution is 5.26. The predicted octanol–water partition coefficient (Wildman–Crippen LogP) is 2.40. The minimum Gasteiger partial charge on any atom is -0.315 e. The highest BCUT2D eigenvalue weighted by atomic mass is 19.4. The molecule has 1 N–H and O–H groups in total. The molecule has 0 bridgehead atoms. The number of rotatable bonds is 5. The van der Waals surface area contributed by atoms with Crippen LogP contribution in [0.4, 0.5) is 13.2 Å². The molecule has 0 aliphatic heterocycles. The molecule has 1 atom stereocenters. The standard InChI is InChI=1S/C13H19F3N2/c1-17-12(9-18(2)3)8-10-5-4-6-11(7-10)13(14,15)16/h4-7,12,17H,8-9H2,1-3H3. The molecule has 18 heavy (non-hydrogen) atoms. The lowest BCUT2D eigenvalue weighted by molar-refractivity contribution is -0.137. The molecule has 0 spiro atoms. The third-order valence-corrected chi connectivity index (χ3v) is 2.73. The van der Waals surface area contributed by atoms with Gasteiger partial charge < -0.3 is 10.2 Å². The Bertz CT molecular complexity index is 375. The van der Waals surface area contributed by atoms with E-state index >= 15 is 0 Å². The van der Waals surface area contributed by atoms with Crippen LogP contribution in [0.15, 0.2) is 24.3 Å². The van der Waals surface area contributed by atoms with Crippen LogP contribution in [0.5, 0.6) is 0 Å². The van der Waals surface area contributed by atoms with E-state index < -0.39 is 11.7 Å². The first kappa shape index (κ1) is 15.0. The molecule has 1 unspecified atom stereocenters. The van der Waals surface area contributed by atoms with Crippen molar-refractivity contribution in [2.24, 2.45) is 0 Å². The topological polar surface area (TPSA) is 15.3 Å². The van der Waals surface area contributed by atoms with Crippen molar-refractivity contribution in [3.8, 4) is 0 Å².